The molecule has 0 bridgehead atoms. The highest BCUT2D eigenvalue weighted by molar-refractivity contribution is 9.10. The lowest BCUT2D eigenvalue weighted by molar-refractivity contribution is -0.120. The summed E-state index contributed by atoms with van der Waals surface area (Å²) in [7, 11) is 0. The molecule has 0 atom stereocenters. The van der Waals surface area contributed by atoms with Crippen molar-refractivity contribution < 1.29 is 13.6 Å². The summed E-state index contributed by atoms with van der Waals surface area (Å²) in [6.45, 7) is 0.389. The van der Waals surface area contributed by atoms with E-state index in [1.54, 1.807) is 0 Å². The number of amides is 1. The van der Waals surface area contributed by atoms with E-state index in [9.17, 15) is 13.6 Å². The first-order valence-electron chi connectivity index (χ1n) is 5.49. The van der Waals surface area contributed by atoms with E-state index in [1.807, 2.05) is 11.4 Å². The highest BCUT2D eigenvalue weighted by Crippen LogP contribution is 2.22. The predicted octanol–water partition coefficient (Wildman–Crippen LogP) is 3.65. The molecule has 0 saturated carbocycles. The van der Waals surface area contributed by atoms with Gasteiger partial charge in [0.05, 0.1) is 13.0 Å². The normalized spacial score (nSPS) is 10.5. The molecule has 2 rings (SSSR count). The van der Waals surface area contributed by atoms with Crippen molar-refractivity contribution in [2.75, 3.05) is 0 Å². The number of nitrogens with one attached hydrogen (secondary N) is 1. The summed E-state index contributed by atoms with van der Waals surface area (Å²) in [5.74, 6) is -1.65. The van der Waals surface area contributed by atoms with Crippen LogP contribution in [0.25, 0.3) is 0 Å². The van der Waals surface area contributed by atoms with Crippen molar-refractivity contribution in [3.05, 3.63) is 56.2 Å². The summed E-state index contributed by atoms with van der Waals surface area (Å²) in [6.07, 6.45) is -0.102. The fraction of sp³-hybridized carbons (Fsp3) is 0.154. The van der Waals surface area contributed by atoms with E-state index in [2.05, 4.69) is 21.2 Å². The summed E-state index contributed by atoms with van der Waals surface area (Å²) >= 11 is 4.88. The lowest BCUT2D eigenvalue weighted by Crippen LogP contribution is -2.24. The van der Waals surface area contributed by atoms with Gasteiger partial charge < -0.3 is 5.32 Å². The highest BCUT2D eigenvalue weighted by atomic mass is 79.9. The van der Waals surface area contributed by atoms with E-state index in [-0.39, 0.29) is 17.9 Å². The van der Waals surface area contributed by atoms with Gasteiger partial charge in [0.25, 0.3) is 0 Å². The van der Waals surface area contributed by atoms with Crippen LogP contribution in [0, 0.1) is 11.6 Å². The Morgan fingerprint density at radius 1 is 1.32 bits per heavy atom. The Kier molecular flexibility index (Phi) is 4.66. The topological polar surface area (TPSA) is 29.1 Å². The molecule has 1 N–H and O–H groups in total. The van der Waals surface area contributed by atoms with Crippen molar-refractivity contribution in [3.63, 3.8) is 0 Å². The number of carbonyl (C=O) groups excluding carboxylic acids is 1. The molecule has 2 nitrogen and oxygen atoms in total. The van der Waals surface area contributed by atoms with Gasteiger partial charge in [0.1, 0.15) is 11.6 Å². The number of rotatable bonds is 4. The number of hydrogen-bond donors (Lipinski definition) is 1. The molecule has 0 aliphatic rings. The van der Waals surface area contributed by atoms with Crippen LogP contribution in [0.1, 0.15) is 10.4 Å². The number of benzene rings is 1. The van der Waals surface area contributed by atoms with Crippen LogP contribution in [0.3, 0.4) is 0 Å². The summed E-state index contributed by atoms with van der Waals surface area (Å²) < 4.78 is 27.0. The van der Waals surface area contributed by atoms with Crippen molar-refractivity contribution in [2.45, 2.75) is 13.0 Å². The van der Waals surface area contributed by atoms with E-state index < -0.39 is 11.6 Å². The van der Waals surface area contributed by atoms with Crippen LogP contribution in [0.15, 0.2) is 34.1 Å². The fourth-order valence-electron chi connectivity index (χ4n) is 1.53. The Labute approximate surface area is 121 Å². The predicted molar refractivity (Wildman–Crippen MR) is 73.9 cm³/mol. The average molecular weight is 346 g/mol. The van der Waals surface area contributed by atoms with Gasteiger partial charge in [-0.3, -0.25) is 4.79 Å². The molecule has 0 aliphatic heterocycles. The third-order valence-electron chi connectivity index (χ3n) is 2.50. The van der Waals surface area contributed by atoms with Gasteiger partial charge in [-0.2, -0.15) is 0 Å². The first-order chi connectivity index (χ1) is 9.06. The summed E-state index contributed by atoms with van der Waals surface area (Å²) in [5, 5.41) is 4.61. The summed E-state index contributed by atoms with van der Waals surface area (Å²) in [5.41, 5.74) is 0.184. The molecule has 0 radical (unpaired) electrons. The standard InChI is InChI=1S/C13H10BrF2NOS/c14-10-3-4-19-12(10)7-17-13(18)5-8-1-2-9(15)6-11(8)16/h1-4,6H,5,7H2,(H,17,18). The molecule has 0 fully saturated rings. The molecule has 1 aromatic carbocycles. The lowest BCUT2D eigenvalue weighted by Gasteiger charge is -2.05. The van der Waals surface area contributed by atoms with E-state index in [4.69, 9.17) is 0 Å². The molecule has 0 spiro atoms. The maximum Gasteiger partial charge on any atom is 0.224 e. The lowest BCUT2D eigenvalue weighted by atomic mass is 10.1. The van der Waals surface area contributed by atoms with E-state index in [0.29, 0.717) is 6.54 Å². The van der Waals surface area contributed by atoms with Gasteiger partial charge in [0, 0.05) is 15.4 Å². The van der Waals surface area contributed by atoms with Crippen LogP contribution in [0.5, 0.6) is 0 Å². The Morgan fingerprint density at radius 2 is 2.11 bits per heavy atom. The highest BCUT2D eigenvalue weighted by Gasteiger charge is 2.10. The molecule has 100 valence electrons. The number of thiophene rings is 1. The Balaban J connectivity index is 1.93. The maximum absolute atomic E-state index is 13.4. The van der Waals surface area contributed by atoms with Crippen molar-refractivity contribution >= 4 is 33.2 Å². The van der Waals surface area contributed by atoms with Crippen molar-refractivity contribution in [1.29, 1.82) is 0 Å². The van der Waals surface area contributed by atoms with E-state index >= 15 is 0 Å². The zero-order valence-corrected chi connectivity index (χ0v) is 12.2. The van der Waals surface area contributed by atoms with Crippen molar-refractivity contribution in [2.24, 2.45) is 0 Å². The molecule has 19 heavy (non-hydrogen) atoms. The van der Waals surface area contributed by atoms with Gasteiger partial charge in [-0.1, -0.05) is 6.07 Å². The third-order valence-corrected chi connectivity index (χ3v) is 4.43. The van der Waals surface area contributed by atoms with Crippen LogP contribution in [0.2, 0.25) is 0 Å². The molecular weight excluding hydrogens is 336 g/mol. The molecule has 1 heterocycles. The number of hydrogen-bond acceptors (Lipinski definition) is 2. The van der Waals surface area contributed by atoms with Gasteiger partial charge in [0.2, 0.25) is 5.91 Å². The molecule has 0 unspecified atom stereocenters. The number of carbonyl (C=O) groups is 1. The minimum absolute atomic E-state index is 0.102. The van der Waals surface area contributed by atoms with Gasteiger partial charge in [-0.25, -0.2) is 8.78 Å². The summed E-state index contributed by atoms with van der Waals surface area (Å²) in [4.78, 5) is 12.7. The zero-order valence-electron chi connectivity index (χ0n) is 9.75. The fourth-order valence-corrected chi connectivity index (χ4v) is 2.96. The largest absolute Gasteiger partial charge is 0.351 e. The minimum Gasteiger partial charge on any atom is -0.351 e. The van der Waals surface area contributed by atoms with Gasteiger partial charge in [-0.05, 0) is 39.0 Å². The summed E-state index contributed by atoms with van der Waals surface area (Å²) in [6, 6.07) is 5.09. The SMILES string of the molecule is O=C(Cc1ccc(F)cc1F)NCc1sccc1Br. The van der Waals surface area contributed by atoms with Crippen LogP contribution in [0.4, 0.5) is 8.78 Å². The minimum atomic E-state index is -0.701. The first kappa shape index (κ1) is 14.1. The second-order valence-corrected chi connectivity index (χ2v) is 5.74. The van der Waals surface area contributed by atoms with Gasteiger partial charge in [0.15, 0.2) is 0 Å². The molecular formula is C13H10BrF2NOS. The molecule has 0 aliphatic carbocycles. The van der Waals surface area contributed by atoms with Crippen molar-refractivity contribution in [1.82, 2.24) is 5.32 Å². The Hall–Kier alpha value is -1.27. The second-order valence-electron chi connectivity index (χ2n) is 3.88. The average Bonchev–Trinajstić information content (AvgIpc) is 2.76. The Bertz CT molecular complexity index is 600. The molecule has 1 amide bonds. The van der Waals surface area contributed by atoms with E-state index in [1.165, 1.54) is 17.4 Å². The third kappa shape index (κ3) is 3.84. The first-order valence-corrected chi connectivity index (χ1v) is 7.16. The number of halogens is 3. The molecule has 6 heteroatoms. The van der Waals surface area contributed by atoms with Crippen LogP contribution >= 0.6 is 27.3 Å². The van der Waals surface area contributed by atoms with E-state index in [0.717, 1.165) is 21.5 Å². The van der Waals surface area contributed by atoms with Gasteiger partial charge >= 0.3 is 0 Å². The monoisotopic (exact) mass is 345 g/mol. The second kappa shape index (κ2) is 6.25. The zero-order chi connectivity index (χ0) is 13.8. The van der Waals surface area contributed by atoms with Gasteiger partial charge in [-0.15, -0.1) is 11.3 Å². The maximum atomic E-state index is 13.4. The quantitative estimate of drug-likeness (QED) is 0.900. The molecule has 2 aromatic rings. The Morgan fingerprint density at radius 3 is 2.74 bits per heavy atom. The smallest absolute Gasteiger partial charge is 0.224 e. The van der Waals surface area contributed by atoms with Crippen LogP contribution < -0.4 is 5.32 Å². The van der Waals surface area contributed by atoms with Crippen LogP contribution in [-0.2, 0) is 17.8 Å². The van der Waals surface area contributed by atoms with Crippen LogP contribution in [-0.4, -0.2) is 5.91 Å². The molecule has 1 aromatic heterocycles. The van der Waals surface area contributed by atoms with Crippen molar-refractivity contribution in [3.8, 4) is 0 Å². The molecule has 0 saturated heterocycles.